The largest absolute Gasteiger partial charge is 0.342 e. The Morgan fingerprint density at radius 1 is 1.43 bits per heavy atom. The van der Waals surface area contributed by atoms with Gasteiger partial charge in [0.1, 0.15) is 0 Å². The zero-order valence-corrected chi connectivity index (χ0v) is 14.5. The summed E-state index contributed by atoms with van der Waals surface area (Å²) in [5.41, 5.74) is 7.04. The van der Waals surface area contributed by atoms with E-state index in [2.05, 4.69) is 41.9 Å². The molecule has 1 aliphatic rings. The predicted molar refractivity (Wildman–Crippen MR) is 90.1 cm³/mol. The third kappa shape index (κ3) is 4.30. The first-order valence-corrected chi connectivity index (χ1v) is 8.54. The van der Waals surface area contributed by atoms with Gasteiger partial charge in [-0.25, -0.2) is 0 Å². The van der Waals surface area contributed by atoms with Crippen LogP contribution in [-0.4, -0.2) is 30.4 Å². The summed E-state index contributed by atoms with van der Waals surface area (Å²) in [5, 5.41) is 0. The maximum atomic E-state index is 12.5. The highest BCUT2D eigenvalue weighted by Gasteiger charge is 2.28. The summed E-state index contributed by atoms with van der Waals surface area (Å²) in [6.45, 7) is 6.73. The second-order valence-electron chi connectivity index (χ2n) is 6.26. The van der Waals surface area contributed by atoms with Crippen LogP contribution in [0.5, 0.6) is 0 Å². The fourth-order valence-electron chi connectivity index (χ4n) is 2.98. The van der Waals surface area contributed by atoms with E-state index < -0.39 is 0 Å². The Labute approximate surface area is 136 Å². The quantitative estimate of drug-likeness (QED) is 0.902. The number of benzene rings is 1. The van der Waals surface area contributed by atoms with Gasteiger partial charge >= 0.3 is 0 Å². The van der Waals surface area contributed by atoms with Gasteiger partial charge in [0.15, 0.2) is 0 Å². The lowest BCUT2D eigenvalue weighted by atomic mass is 9.86. The third-order valence-corrected chi connectivity index (χ3v) is 5.22. The average Bonchev–Trinajstić information content (AvgIpc) is 2.48. The maximum Gasteiger partial charge on any atom is 0.223 e. The summed E-state index contributed by atoms with van der Waals surface area (Å²) < 4.78 is 1.07. The van der Waals surface area contributed by atoms with Crippen molar-refractivity contribution in [2.24, 2.45) is 17.6 Å². The predicted octanol–water partition coefficient (Wildman–Crippen LogP) is 3.39. The van der Waals surface area contributed by atoms with Crippen molar-refractivity contribution in [3.05, 3.63) is 34.3 Å². The van der Waals surface area contributed by atoms with E-state index in [0.29, 0.717) is 24.8 Å². The zero-order chi connectivity index (χ0) is 15.4. The van der Waals surface area contributed by atoms with E-state index >= 15 is 0 Å². The summed E-state index contributed by atoms with van der Waals surface area (Å²) in [6.07, 6.45) is 1.65. The first kappa shape index (κ1) is 16.5. The summed E-state index contributed by atoms with van der Waals surface area (Å²) in [5.74, 6) is 1.59. The number of halogens is 1. The third-order valence-electron chi connectivity index (χ3n) is 4.69. The molecule has 2 rings (SSSR count). The minimum absolute atomic E-state index is 0.251. The van der Waals surface area contributed by atoms with Gasteiger partial charge in [-0.05, 0) is 48.4 Å². The van der Waals surface area contributed by atoms with E-state index in [-0.39, 0.29) is 11.8 Å². The van der Waals surface area contributed by atoms with Crippen LogP contribution in [0.1, 0.15) is 38.2 Å². The minimum Gasteiger partial charge on any atom is -0.342 e. The number of amides is 1. The Morgan fingerprint density at radius 3 is 2.71 bits per heavy atom. The number of hydrogen-bond acceptors (Lipinski definition) is 2. The number of piperidine rings is 1. The summed E-state index contributed by atoms with van der Waals surface area (Å²) in [4.78, 5) is 14.5. The van der Waals surface area contributed by atoms with Crippen molar-refractivity contribution in [1.29, 1.82) is 0 Å². The normalized spacial score (nSPS) is 23.9. The van der Waals surface area contributed by atoms with Gasteiger partial charge < -0.3 is 10.6 Å². The van der Waals surface area contributed by atoms with E-state index in [1.165, 1.54) is 5.56 Å². The lowest BCUT2D eigenvalue weighted by molar-refractivity contribution is -0.134. The molecule has 0 bridgehead atoms. The standard InChI is InChI=1S/C17H25BrN2O/c1-12-7-8-20(11-15(12)10-19)17(21)9-13(2)14-3-5-16(18)6-4-14/h3-6,12-13,15H,7-11,19H2,1-2H3. The Hall–Kier alpha value is -0.870. The molecule has 0 radical (unpaired) electrons. The maximum absolute atomic E-state index is 12.5. The molecule has 1 heterocycles. The van der Waals surface area contributed by atoms with Crippen LogP contribution in [0, 0.1) is 11.8 Å². The molecule has 1 saturated heterocycles. The van der Waals surface area contributed by atoms with E-state index in [0.717, 1.165) is 24.0 Å². The molecule has 116 valence electrons. The van der Waals surface area contributed by atoms with Crippen LogP contribution >= 0.6 is 15.9 Å². The summed E-state index contributed by atoms with van der Waals surface area (Å²) >= 11 is 3.44. The molecule has 2 N–H and O–H groups in total. The van der Waals surface area contributed by atoms with E-state index in [4.69, 9.17) is 5.73 Å². The average molecular weight is 353 g/mol. The van der Waals surface area contributed by atoms with Crippen LogP contribution in [0.4, 0.5) is 0 Å². The topological polar surface area (TPSA) is 46.3 Å². The molecule has 1 aliphatic heterocycles. The van der Waals surface area contributed by atoms with E-state index in [1.807, 2.05) is 17.0 Å². The van der Waals surface area contributed by atoms with Crippen molar-refractivity contribution < 1.29 is 4.79 Å². The molecule has 1 amide bonds. The van der Waals surface area contributed by atoms with Crippen molar-refractivity contribution in [2.45, 2.75) is 32.6 Å². The Morgan fingerprint density at radius 2 is 2.10 bits per heavy atom. The molecule has 3 unspecified atom stereocenters. The molecule has 3 atom stereocenters. The number of nitrogens with two attached hydrogens (primary N) is 1. The van der Waals surface area contributed by atoms with Gasteiger partial charge in [-0.15, -0.1) is 0 Å². The summed E-state index contributed by atoms with van der Waals surface area (Å²) in [7, 11) is 0. The van der Waals surface area contributed by atoms with Gasteiger partial charge in [0.25, 0.3) is 0 Å². The van der Waals surface area contributed by atoms with Crippen LogP contribution in [-0.2, 0) is 4.79 Å². The summed E-state index contributed by atoms with van der Waals surface area (Å²) in [6, 6.07) is 8.23. The molecule has 1 aromatic carbocycles. The number of nitrogens with zero attached hydrogens (tertiary/aromatic N) is 1. The van der Waals surface area contributed by atoms with Gasteiger partial charge in [-0.1, -0.05) is 41.9 Å². The first-order chi connectivity index (χ1) is 10.0. The Kier molecular flexibility index (Phi) is 5.82. The molecule has 0 saturated carbocycles. The van der Waals surface area contributed by atoms with Gasteiger partial charge in [0.05, 0.1) is 0 Å². The van der Waals surface area contributed by atoms with Crippen LogP contribution in [0.2, 0.25) is 0 Å². The van der Waals surface area contributed by atoms with Crippen molar-refractivity contribution >= 4 is 21.8 Å². The lowest BCUT2D eigenvalue weighted by Crippen LogP contribution is -2.45. The Bertz CT molecular complexity index is 474. The number of likely N-dealkylation sites (tertiary alicyclic amines) is 1. The van der Waals surface area contributed by atoms with Crippen molar-refractivity contribution in [2.75, 3.05) is 19.6 Å². The van der Waals surface area contributed by atoms with Crippen molar-refractivity contribution in [3.63, 3.8) is 0 Å². The fourth-order valence-corrected chi connectivity index (χ4v) is 3.25. The number of carbonyl (C=O) groups excluding carboxylic acids is 1. The zero-order valence-electron chi connectivity index (χ0n) is 12.9. The molecule has 1 aromatic rings. The molecular weight excluding hydrogens is 328 g/mol. The van der Waals surface area contributed by atoms with Gasteiger partial charge in [-0.2, -0.15) is 0 Å². The van der Waals surface area contributed by atoms with Crippen LogP contribution in [0.25, 0.3) is 0 Å². The highest BCUT2D eigenvalue weighted by Crippen LogP contribution is 2.26. The van der Waals surface area contributed by atoms with Gasteiger partial charge in [0.2, 0.25) is 5.91 Å². The molecule has 0 aliphatic carbocycles. The first-order valence-electron chi connectivity index (χ1n) is 7.74. The second-order valence-corrected chi connectivity index (χ2v) is 7.17. The molecular formula is C17H25BrN2O. The number of hydrogen-bond donors (Lipinski definition) is 1. The van der Waals surface area contributed by atoms with Gasteiger partial charge in [0, 0.05) is 24.0 Å². The number of carbonyl (C=O) groups is 1. The van der Waals surface area contributed by atoms with Crippen molar-refractivity contribution in [1.82, 2.24) is 4.90 Å². The monoisotopic (exact) mass is 352 g/mol. The molecule has 3 nitrogen and oxygen atoms in total. The van der Waals surface area contributed by atoms with Crippen LogP contribution in [0.3, 0.4) is 0 Å². The Balaban J connectivity index is 1.93. The van der Waals surface area contributed by atoms with E-state index in [1.54, 1.807) is 0 Å². The lowest BCUT2D eigenvalue weighted by Gasteiger charge is -2.37. The fraction of sp³-hybridized carbons (Fsp3) is 0.588. The highest BCUT2D eigenvalue weighted by molar-refractivity contribution is 9.10. The molecule has 1 fully saturated rings. The van der Waals surface area contributed by atoms with Crippen molar-refractivity contribution in [3.8, 4) is 0 Å². The minimum atomic E-state index is 0.251. The molecule has 4 heteroatoms. The molecule has 0 aromatic heterocycles. The van der Waals surface area contributed by atoms with E-state index in [9.17, 15) is 4.79 Å². The van der Waals surface area contributed by atoms with Crippen LogP contribution in [0.15, 0.2) is 28.7 Å². The van der Waals surface area contributed by atoms with Gasteiger partial charge in [-0.3, -0.25) is 4.79 Å². The van der Waals surface area contributed by atoms with Crippen LogP contribution < -0.4 is 5.73 Å². The SMILES string of the molecule is CC(CC(=O)N1CCC(C)C(CN)C1)c1ccc(Br)cc1. The number of rotatable bonds is 4. The highest BCUT2D eigenvalue weighted by atomic mass is 79.9. The second kappa shape index (κ2) is 7.41. The molecule has 21 heavy (non-hydrogen) atoms. The smallest absolute Gasteiger partial charge is 0.223 e. The molecule has 0 spiro atoms.